The fourth-order valence-corrected chi connectivity index (χ4v) is 0.722. The van der Waals surface area contributed by atoms with Gasteiger partial charge >= 0.3 is 6.98 Å². The predicted octanol–water partition coefficient (Wildman–Crippen LogP) is 0.957. The Hall–Kier alpha value is -0.935. The summed E-state index contributed by atoms with van der Waals surface area (Å²) in [5.74, 6) is 0. The smallest absolute Gasteiger partial charge is 0.445 e. The third-order valence-corrected chi connectivity index (χ3v) is 1.36. The lowest BCUT2D eigenvalue weighted by Gasteiger charge is -2.09. The van der Waals surface area contributed by atoms with E-state index in [0.29, 0.717) is 6.54 Å². The molecular formula is C5H7BF3N2-. The highest BCUT2D eigenvalue weighted by atomic mass is 19.4. The maximum Gasteiger partial charge on any atom is 0.512 e. The highest BCUT2D eigenvalue weighted by molar-refractivity contribution is 6.73. The number of nitrogens with zero attached hydrogens (tertiary/aromatic N) is 2. The van der Waals surface area contributed by atoms with Gasteiger partial charge in [0.05, 0.1) is 0 Å². The molecule has 0 fully saturated rings. The molecule has 1 aromatic rings. The summed E-state index contributed by atoms with van der Waals surface area (Å²) in [5.41, 5.74) is -0.633. The van der Waals surface area contributed by atoms with Crippen molar-refractivity contribution in [1.29, 1.82) is 0 Å². The quantitative estimate of drug-likeness (QED) is 0.593. The molecule has 62 valence electrons. The molecule has 0 spiro atoms. The van der Waals surface area contributed by atoms with Crippen molar-refractivity contribution in [1.82, 2.24) is 9.78 Å². The SMILES string of the molecule is CCn1cc([B-](F)(F)F)cn1. The molecule has 6 heteroatoms. The number of aryl methyl sites for hydroxylation is 1. The number of hydrogen-bond acceptors (Lipinski definition) is 1. The Morgan fingerprint density at radius 3 is 2.45 bits per heavy atom. The first-order chi connectivity index (χ1) is 5.04. The zero-order valence-corrected chi connectivity index (χ0v) is 5.97. The Balaban J connectivity index is 2.89. The van der Waals surface area contributed by atoms with Crippen LogP contribution in [0.2, 0.25) is 0 Å². The highest BCUT2D eigenvalue weighted by Crippen LogP contribution is 2.07. The molecule has 2 nitrogen and oxygen atoms in total. The van der Waals surface area contributed by atoms with Crippen LogP contribution in [-0.4, -0.2) is 16.8 Å². The minimum absolute atomic E-state index is 0.464. The summed E-state index contributed by atoms with van der Waals surface area (Å²) in [5, 5.41) is 3.51. The molecule has 0 bridgehead atoms. The zero-order valence-electron chi connectivity index (χ0n) is 5.97. The fourth-order valence-electron chi connectivity index (χ4n) is 0.722. The molecule has 0 amide bonds. The Bertz CT molecular complexity index is 242. The van der Waals surface area contributed by atoms with E-state index in [9.17, 15) is 12.9 Å². The van der Waals surface area contributed by atoms with Crippen molar-refractivity contribution in [2.45, 2.75) is 13.5 Å². The molecule has 0 aliphatic rings. The Labute approximate surface area is 62.1 Å². The molecule has 0 atom stereocenters. The van der Waals surface area contributed by atoms with E-state index in [1.807, 2.05) is 0 Å². The largest absolute Gasteiger partial charge is 0.512 e. The average molecular weight is 163 g/mol. The lowest BCUT2D eigenvalue weighted by molar-refractivity contribution is 0.501. The van der Waals surface area contributed by atoms with Crippen LogP contribution in [0.4, 0.5) is 12.9 Å². The van der Waals surface area contributed by atoms with Gasteiger partial charge in [0, 0.05) is 12.7 Å². The van der Waals surface area contributed by atoms with Crippen LogP contribution in [0, 0.1) is 0 Å². The molecule has 0 aromatic carbocycles. The summed E-state index contributed by atoms with van der Waals surface area (Å²) in [6.07, 6.45) is 1.86. The lowest BCUT2D eigenvalue weighted by atomic mass is 9.83. The van der Waals surface area contributed by atoms with Gasteiger partial charge in [-0.15, -0.1) is 0 Å². The first-order valence-corrected chi connectivity index (χ1v) is 3.26. The van der Waals surface area contributed by atoms with Crippen LogP contribution in [0.15, 0.2) is 12.4 Å². The topological polar surface area (TPSA) is 17.8 Å². The summed E-state index contributed by atoms with van der Waals surface area (Å²) >= 11 is 0. The van der Waals surface area contributed by atoms with Crippen molar-refractivity contribution in [2.24, 2.45) is 0 Å². The molecule has 0 saturated heterocycles. The van der Waals surface area contributed by atoms with Crippen LogP contribution < -0.4 is 5.46 Å². The molecule has 0 aliphatic heterocycles. The predicted molar refractivity (Wildman–Crippen MR) is 36.6 cm³/mol. The minimum Gasteiger partial charge on any atom is -0.445 e. The minimum atomic E-state index is -4.87. The number of aromatic nitrogens is 2. The van der Waals surface area contributed by atoms with Crippen molar-refractivity contribution >= 4 is 12.4 Å². The van der Waals surface area contributed by atoms with Gasteiger partial charge in [-0.05, 0) is 13.1 Å². The van der Waals surface area contributed by atoms with Crippen LogP contribution in [0.3, 0.4) is 0 Å². The third kappa shape index (κ3) is 1.75. The van der Waals surface area contributed by atoms with Crippen LogP contribution in [0.25, 0.3) is 0 Å². The van der Waals surface area contributed by atoms with Gasteiger partial charge in [0.1, 0.15) is 0 Å². The van der Waals surface area contributed by atoms with Crippen molar-refractivity contribution in [2.75, 3.05) is 0 Å². The fraction of sp³-hybridized carbons (Fsp3) is 0.400. The van der Waals surface area contributed by atoms with Gasteiger partial charge in [-0.3, -0.25) is 4.68 Å². The van der Waals surface area contributed by atoms with Crippen molar-refractivity contribution in [3.05, 3.63) is 12.4 Å². The van der Waals surface area contributed by atoms with Gasteiger partial charge < -0.3 is 12.9 Å². The molecule has 0 radical (unpaired) electrons. The van der Waals surface area contributed by atoms with Gasteiger partial charge in [-0.25, -0.2) is 0 Å². The van der Waals surface area contributed by atoms with Crippen LogP contribution in [-0.2, 0) is 6.54 Å². The van der Waals surface area contributed by atoms with Crippen LogP contribution >= 0.6 is 0 Å². The first kappa shape index (κ1) is 8.16. The van der Waals surface area contributed by atoms with Crippen molar-refractivity contribution in [3.8, 4) is 0 Å². The van der Waals surface area contributed by atoms with Crippen LogP contribution in [0.1, 0.15) is 6.92 Å². The molecule has 0 saturated carbocycles. The van der Waals surface area contributed by atoms with E-state index in [-0.39, 0.29) is 0 Å². The number of rotatable bonds is 2. The van der Waals surface area contributed by atoms with Gasteiger partial charge in [0.15, 0.2) is 0 Å². The number of hydrogen-bond donors (Lipinski definition) is 0. The van der Waals surface area contributed by atoms with E-state index in [2.05, 4.69) is 5.10 Å². The summed E-state index contributed by atoms with van der Waals surface area (Å²) in [6, 6.07) is 0. The van der Waals surface area contributed by atoms with Gasteiger partial charge in [0.25, 0.3) is 0 Å². The molecule has 0 aliphatic carbocycles. The van der Waals surface area contributed by atoms with E-state index in [1.165, 1.54) is 4.68 Å². The first-order valence-electron chi connectivity index (χ1n) is 3.26. The van der Waals surface area contributed by atoms with Gasteiger partial charge in [-0.1, -0.05) is 5.46 Å². The molecule has 11 heavy (non-hydrogen) atoms. The zero-order chi connectivity index (χ0) is 8.48. The highest BCUT2D eigenvalue weighted by Gasteiger charge is 2.26. The molecule has 0 unspecified atom stereocenters. The van der Waals surface area contributed by atoms with E-state index >= 15 is 0 Å². The van der Waals surface area contributed by atoms with Crippen molar-refractivity contribution in [3.63, 3.8) is 0 Å². The van der Waals surface area contributed by atoms with Gasteiger partial charge in [0.2, 0.25) is 0 Å². The van der Waals surface area contributed by atoms with Crippen molar-refractivity contribution < 1.29 is 12.9 Å². The molecule has 1 rings (SSSR count). The lowest BCUT2D eigenvalue weighted by Crippen LogP contribution is -2.32. The Morgan fingerprint density at radius 2 is 2.18 bits per heavy atom. The van der Waals surface area contributed by atoms with E-state index in [4.69, 9.17) is 0 Å². The Kier molecular flexibility index (Phi) is 1.93. The van der Waals surface area contributed by atoms with Gasteiger partial charge in [-0.2, -0.15) is 5.10 Å². The number of halogens is 3. The van der Waals surface area contributed by atoms with E-state index < -0.39 is 12.4 Å². The molecule has 1 heterocycles. The molecular weight excluding hydrogens is 156 g/mol. The summed E-state index contributed by atoms with van der Waals surface area (Å²) in [4.78, 5) is 0. The average Bonchev–Trinajstić information content (AvgIpc) is 2.32. The summed E-state index contributed by atoms with van der Waals surface area (Å²) in [7, 11) is 0. The summed E-state index contributed by atoms with van der Waals surface area (Å²) < 4.78 is 37.1. The second-order valence-electron chi connectivity index (χ2n) is 2.20. The summed E-state index contributed by atoms with van der Waals surface area (Å²) in [6.45, 7) is -2.67. The van der Waals surface area contributed by atoms with E-state index in [0.717, 1.165) is 12.4 Å². The monoisotopic (exact) mass is 163 g/mol. The maximum atomic E-state index is 11.9. The standard InChI is InChI=1S/C5H7BF3N2/c1-2-11-4-5(3-10-11)6(7,8)9/h3-4H,2H2,1H3/q-1. The normalized spacial score (nSPS) is 12.0. The second kappa shape index (κ2) is 2.60. The van der Waals surface area contributed by atoms with Crippen LogP contribution in [0.5, 0.6) is 0 Å². The van der Waals surface area contributed by atoms with E-state index in [1.54, 1.807) is 6.92 Å². The molecule has 0 N–H and O–H groups in total. The molecule has 1 aromatic heterocycles. The second-order valence-corrected chi connectivity index (χ2v) is 2.20. The maximum absolute atomic E-state index is 11.9. The third-order valence-electron chi connectivity index (χ3n) is 1.36. The Morgan fingerprint density at radius 1 is 1.55 bits per heavy atom.